The lowest BCUT2D eigenvalue weighted by Gasteiger charge is -2.34. The summed E-state index contributed by atoms with van der Waals surface area (Å²) >= 11 is 12.1. The summed E-state index contributed by atoms with van der Waals surface area (Å²) in [5, 5.41) is 13.0. The molecular formula is C31H32Cl2F3N5O3. The maximum atomic E-state index is 13.4. The summed E-state index contributed by atoms with van der Waals surface area (Å²) in [6.07, 6.45) is -1.12. The number of benzene rings is 2. The number of nitrogens with one attached hydrogen (secondary N) is 1. The van der Waals surface area contributed by atoms with Gasteiger partial charge >= 0.3 is 12.2 Å². The fourth-order valence-corrected chi connectivity index (χ4v) is 5.80. The molecule has 0 radical (unpaired) electrons. The number of unbranched alkanes of at least 4 members (excludes halogenated alkanes) is 3. The van der Waals surface area contributed by atoms with Gasteiger partial charge in [-0.15, -0.1) is 0 Å². The summed E-state index contributed by atoms with van der Waals surface area (Å²) in [6.45, 7) is 5.46. The number of hydrogen-bond acceptors (Lipinski definition) is 5. The van der Waals surface area contributed by atoms with Crippen LogP contribution in [0.1, 0.15) is 55.7 Å². The molecule has 1 saturated heterocycles. The van der Waals surface area contributed by atoms with Crippen LogP contribution in [0.5, 0.6) is 0 Å². The van der Waals surface area contributed by atoms with E-state index < -0.39 is 29.1 Å². The molecule has 1 fully saturated rings. The molecule has 8 nitrogen and oxygen atoms in total. The second-order valence-corrected chi connectivity index (χ2v) is 11.6. The first-order chi connectivity index (χ1) is 20.9. The highest BCUT2D eigenvalue weighted by Gasteiger charge is 2.39. The number of urea groups is 1. The van der Waals surface area contributed by atoms with Crippen molar-refractivity contribution in [2.45, 2.75) is 51.7 Å². The van der Waals surface area contributed by atoms with E-state index in [1.54, 1.807) is 23.1 Å². The number of carbonyl (C=O) groups excluding carboxylic acids is 3. The molecule has 1 N–H and O–H groups in total. The Balaban J connectivity index is 1.16. The number of alkyl halides is 3. The highest BCUT2D eigenvalue weighted by molar-refractivity contribution is 6.35. The van der Waals surface area contributed by atoms with E-state index >= 15 is 0 Å². The Hall–Kier alpha value is -3.59. The Labute approximate surface area is 264 Å². The summed E-state index contributed by atoms with van der Waals surface area (Å²) in [6, 6.07) is 9.34. The maximum Gasteiger partial charge on any atom is 0.417 e. The van der Waals surface area contributed by atoms with Gasteiger partial charge in [0, 0.05) is 53.9 Å². The molecule has 0 unspecified atom stereocenters. The first-order valence-electron chi connectivity index (χ1n) is 14.3. The average molecular weight is 651 g/mol. The second-order valence-electron chi connectivity index (χ2n) is 10.8. The van der Waals surface area contributed by atoms with Crippen LogP contribution in [0.4, 0.5) is 23.7 Å². The average Bonchev–Trinajstić information content (AvgIpc) is 3.20. The third-order valence-corrected chi connectivity index (χ3v) is 8.47. The summed E-state index contributed by atoms with van der Waals surface area (Å²) in [4.78, 5) is 43.2. The Kier molecular flexibility index (Phi) is 10.9. The zero-order valence-corrected chi connectivity index (χ0v) is 25.7. The number of halogens is 5. The molecule has 2 aliphatic rings. The summed E-state index contributed by atoms with van der Waals surface area (Å²) in [5.41, 5.74) is -0.639. The van der Waals surface area contributed by atoms with Crippen molar-refractivity contribution in [3.05, 3.63) is 74.3 Å². The molecule has 4 rings (SSSR count). The Bertz CT molecular complexity index is 1500. The van der Waals surface area contributed by atoms with Crippen LogP contribution in [0.3, 0.4) is 0 Å². The SMILES string of the molecule is CC1=C(CCCCCCN2CCN(C(=O)NCc3ccc(Cl)cc3Cl)CC2)C(=O)N(c2ccc(C#N)c(C(F)(F)F)c2)C1=O. The zero-order valence-electron chi connectivity index (χ0n) is 24.1. The highest BCUT2D eigenvalue weighted by Crippen LogP contribution is 2.37. The smallest absolute Gasteiger partial charge is 0.334 e. The van der Waals surface area contributed by atoms with E-state index in [-0.39, 0.29) is 17.3 Å². The highest BCUT2D eigenvalue weighted by atomic mass is 35.5. The second kappa shape index (κ2) is 14.5. The van der Waals surface area contributed by atoms with Gasteiger partial charge in [0.1, 0.15) is 0 Å². The number of nitriles is 1. The van der Waals surface area contributed by atoms with Crippen LogP contribution in [-0.4, -0.2) is 60.4 Å². The minimum absolute atomic E-state index is 0.140. The number of carbonyl (C=O) groups is 3. The van der Waals surface area contributed by atoms with Gasteiger partial charge in [0.15, 0.2) is 0 Å². The van der Waals surface area contributed by atoms with E-state index in [4.69, 9.17) is 28.5 Å². The number of hydrogen-bond donors (Lipinski definition) is 1. The quantitative estimate of drug-likeness (QED) is 0.233. The fraction of sp³-hybridized carbons (Fsp3) is 0.419. The van der Waals surface area contributed by atoms with Crippen molar-refractivity contribution in [2.75, 3.05) is 37.6 Å². The monoisotopic (exact) mass is 649 g/mol. The molecule has 0 bridgehead atoms. The van der Waals surface area contributed by atoms with E-state index in [9.17, 15) is 27.6 Å². The van der Waals surface area contributed by atoms with Gasteiger partial charge in [-0.3, -0.25) is 14.5 Å². The number of nitrogens with zero attached hydrogens (tertiary/aromatic N) is 4. The molecule has 0 atom stereocenters. The standard InChI is InChI=1S/C31H32Cl2F3N5O3/c1-20-25(29(43)41(28(20)42)24-10-8-21(18-37)26(17-24)31(34,35)36)6-4-2-3-5-11-39-12-14-40(15-13-39)30(44)38-19-22-7-9-23(32)16-27(22)33/h7-10,16-17H,2-6,11-15,19H2,1H3,(H,38,44). The third kappa shape index (κ3) is 7.92. The molecule has 0 aromatic heterocycles. The van der Waals surface area contributed by atoms with Crippen molar-refractivity contribution in [3.63, 3.8) is 0 Å². The van der Waals surface area contributed by atoms with Crippen molar-refractivity contribution >= 4 is 46.7 Å². The topological polar surface area (TPSA) is 96.8 Å². The minimum atomic E-state index is -4.80. The maximum absolute atomic E-state index is 13.4. The minimum Gasteiger partial charge on any atom is -0.334 e. The zero-order chi connectivity index (χ0) is 32.0. The molecule has 0 spiro atoms. The van der Waals surface area contributed by atoms with Crippen molar-refractivity contribution in [1.29, 1.82) is 5.26 Å². The Morgan fingerprint density at radius 2 is 1.68 bits per heavy atom. The molecular weight excluding hydrogens is 618 g/mol. The van der Waals surface area contributed by atoms with E-state index in [0.29, 0.717) is 54.2 Å². The number of amides is 4. The number of anilines is 1. The largest absolute Gasteiger partial charge is 0.417 e. The molecule has 2 heterocycles. The van der Waals surface area contributed by atoms with Crippen molar-refractivity contribution in [1.82, 2.24) is 15.1 Å². The van der Waals surface area contributed by atoms with Crippen LogP contribution in [-0.2, 0) is 22.3 Å². The van der Waals surface area contributed by atoms with Crippen LogP contribution >= 0.6 is 23.2 Å². The summed E-state index contributed by atoms with van der Waals surface area (Å²) in [7, 11) is 0. The first-order valence-corrected chi connectivity index (χ1v) is 15.0. The van der Waals surface area contributed by atoms with Crippen molar-refractivity contribution in [2.24, 2.45) is 0 Å². The van der Waals surface area contributed by atoms with E-state index in [1.807, 2.05) is 0 Å². The molecule has 13 heteroatoms. The number of piperazine rings is 1. The Morgan fingerprint density at radius 1 is 0.977 bits per heavy atom. The van der Waals surface area contributed by atoms with E-state index in [2.05, 4.69) is 10.2 Å². The predicted octanol–water partition coefficient (Wildman–Crippen LogP) is 6.55. The molecule has 4 amide bonds. The normalized spacial score (nSPS) is 16.1. The van der Waals surface area contributed by atoms with Gasteiger partial charge in [0.25, 0.3) is 11.8 Å². The summed E-state index contributed by atoms with van der Waals surface area (Å²) in [5.74, 6) is -1.27. The van der Waals surface area contributed by atoms with Crippen LogP contribution in [0.15, 0.2) is 47.5 Å². The molecule has 2 aliphatic heterocycles. The molecule has 0 saturated carbocycles. The fourth-order valence-electron chi connectivity index (χ4n) is 5.33. The molecule has 44 heavy (non-hydrogen) atoms. The van der Waals surface area contributed by atoms with Crippen molar-refractivity contribution < 1.29 is 27.6 Å². The van der Waals surface area contributed by atoms with Crippen LogP contribution in [0.25, 0.3) is 0 Å². The van der Waals surface area contributed by atoms with Gasteiger partial charge < -0.3 is 10.2 Å². The van der Waals surface area contributed by atoms with Gasteiger partial charge in [-0.05, 0) is 68.6 Å². The third-order valence-electron chi connectivity index (χ3n) is 7.88. The molecule has 0 aliphatic carbocycles. The van der Waals surface area contributed by atoms with Crippen LogP contribution in [0, 0.1) is 11.3 Å². The predicted molar refractivity (Wildman–Crippen MR) is 161 cm³/mol. The van der Waals surface area contributed by atoms with Gasteiger partial charge in [0.2, 0.25) is 0 Å². The Morgan fingerprint density at radius 3 is 2.34 bits per heavy atom. The van der Waals surface area contributed by atoms with Crippen molar-refractivity contribution in [3.8, 4) is 6.07 Å². The van der Waals surface area contributed by atoms with Crippen LogP contribution < -0.4 is 10.2 Å². The first kappa shape index (κ1) is 33.3. The van der Waals surface area contributed by atoms with Gasteiger partial charge in [-0.25, -0.2) is 9.69 Å². The number of imide groups is 1. The molecule has 2 aromatic rings. The molecule has 2 aromatic carbocycles. The number of rotatable bonds is 10. The lowest BCUT2D eigenvalue weighted by Crippen LogP contribution is -2.51. The molecule has 234 valence electrons. The van der Waals surface area contributed by atoms with Gasteiger partial charge in [-0.1, -0.05) is 42.1 Å². The van der Waals surface area contributed by atoms with Gasteiger partial charge in [-0.2, -0.15) is 18.4 Å². The lowest BCUT2D eigenvalue weighted by atomic mass is 10.0. The van der Waals surface area contributed by atoms with Gasteiger partial charge in [0.05, 0.1) is 22.9 Å². The lowest BCUT2D eigenvalue weighted by molar-refractivity contribution is -0.138. The van der Waals surface area contributed by atoms with E-state index in [0.717, 1.165) is 55.4 Å². The van der Waals surface area contributed by atoms with E-state index in [1.165, 1.54) is 19.1 Å². The summed E-state index contributed by atoms with van der Waals surface area (Å²) < 4.78 is 40.2. The van der Waals surface area contributed by atoms with Crippen LogP contribution in [0.2, 0.25) is 10.0 Å².